The average molecular weight is 281 g/mol. The molecule has 1 N–H and O–H groups in total. The molecule has 0 aliphatic carbocycles. The van der Waals surface area contributed by atoms with Gasteiger partial charge in [0.1, 0.15) is 5.54 Å². The molecule has 1 heterocycles. The van der Waals surface area contributed by atoms with Crippen LogP contribution in [0.5, 0.6) is 0 Å². The van der Waals surface area contributed by atoms with Gasteiger partial charge in [0.15, 0.2) is 0 Å². The van der Waals surface area contributed by atoms with Crippen LogP contribution in [-0.2, 0) is 4.74 Å². The molecule has 0 aromatic rings. The van der Waals surface area contributed by atoms with E-state index in [-0.39, 0.29) is 0 Å². The number of nitrogens with one attached hydrogen (secondary N) is 1. The molecule has 2 atom stereocenters. The molecule has 20 heavy (non-hydrogen) atoms. The van der Waals surface area contributed by atoms with Gasteiger partial charge in [-0.15, -0.1) is 0 Å². The van der Waals surface area contributed by atoms with E-state index in [4.69, 9.17) is 4.74 Å². The summed E-state index contributed by atoms with van der Waals surface area (Å²) in [5.74, 6) is 0. The van der Waals surface area contributed by atoms with E-state index >= 15 is 0 Å². The molecule has 1 aliphatic rings. The van der Waals surface area contributed by atoms with Crippen molar-refractivity contribution in [2.45, 2.75) is 71.1 Å². The number of nitrogens with zero attached hydrogens (tertiary/aromatic N) is 2. The van der Waals surface area contributed by atoms with Gasteiger partial charge in [-0.2, -0.15) is 5.26 Å². The Kier molecular flexibility index (Phi) is 7.50. The third kappa shape index (κ3) is 6.21. The van der Waals surface area contributed by atoms with Gasteiger partial charge < -0.3 is 9.64 Å². The summed E-state index contributed by atoms with van der Waals surface area (Å²) in [4.78, 5) is 2.45. The van der Waals surface area contributed by atoms with Gasteiger partial charge in [-0.3, -0.25) is 5.32 Å². The maximum atomic E-state index is 9.38. The summed E-state index contributed by atoms with van der Waals surface area (Å²) >= 11 is 0. The Morgan fingerprint density at radius 1 is 1.50 bits per heavy atom. The Morgan fingerprint density at radius 3 is 2.85 bits per heavy atom. The molecule has 0 aromatic heterocycles. The van der Waals surface area contributed by atoms with E-state index < -0.39 is 5.54 Å². The highest BCUT2D eigenvalue weighted by Gasteiger charge is 2.27. The monoisotopic (exact) mass is 281 g/mol. The summed E-state index contributed by atoms with van der Waals surface area (Å²) in [5, 5.41) is 12.7. The lowest BCUT2D eigenvalue weighted by atomic mass is 9.97. The number of hydrogen-bond donors (Lipinski definition) is 1. The molecular formula is C16H31N3O. The maximum Gasteiger partial charge on any atom is 0.105 e. The van der Waals surface area contributed by atoms with Crippen molar-refractivity contribution < 1.29 is 4.74 Å². The number of rotatable bonds is 8. The van der Waals surface area contributed by atoms with Crippen molar-refractivity contribution in [3.05, 3.63) is 0 Å². The lowest BCUT2D eigenvalue weighted by Gasteiger charge is -2.35. The third-order valence-electron chi connectivity index (χ3n) is 3.80. The van der Waals surface area contributed by atoms with Gasteiger partial charge in [-0.25, -0.2) is 0 Å². The summed E-state index contributed by atoms with van der Waals surface area (Å²) in [5.41, 5.74) is -0.425. The summed E-state index contributed by atoms with van der Waals surface area (Å²) in [7, 11) is 0. The second-order valence-electron chi connectivity index (χ2n) is 6.43. The lowest BCUT2D eigenvalue weighted by molar-refractivity contribution is -0.00140. The van der Waals surface area contributed by atoms with Crippen LogP contribution in [0.2, 0.25) is 0 Å². The van der Waals surface area contributed by atoms with Gasteiger partial charge >= 0.3 is 0 Å². The van der Waals surface area contributed by atoms with Crippen molar-refractivity contribution in [3.8, 4) is 6.07 Å². The molecule has 1 fully saturated rings. The fourth-order valence-electron chi connectivity index (χ4n) is 2.82. The summed E-state index contributed by atoms with van der Waals surface area (Å²) in [6.07, 6.45) is 4.71. The predicted molar refractivity (Wildman–Crippen MR) is 82.6 cm³/mol. The molecule has 1 aliphatic heterocycles. The first-order valence-corrected chi connectivity index (χ1v) is 8.02. The lowest BCUT2D eigenvalue weighted by Crippen LogP contribution is -2.48. The van der Waals surface area contributed by atoms with Gasteiger partial charge in [0.25, 0.3) is 0 Å². The smallest absolute Gasteiger partial charge is 0.105 e. The minimum Gasteiger partial charge on any atom is -0.377 e. The first kappa shape index (κ1) is 17.4. The highest BCUT2D eigenvalue weighted by molar-refractivity contribution is 5.04. The fourth-order valence-corrected chi connectivity index (χ4v) is 2.82. The quantitative estimate of drug-likeness (QED) is 0.743. The zero-order valence-electron chi connectivity index (χ0n) is 13.6. The Labute approximate surface area is 124 Å². The molecule has 1 rings (SSSR count). The number of piperidine rings is 1. The van der Waals surface area contributed by atoms with Crippen molar-refractivity contribution in [2.75, 3.05) is 26.2 Å². The van der Waals surface area contributed by atoms with Crippen molar-refractivity contribution >= 4 is 0 Å². The first-order chi connectivity index (χ1) is 9.49. The average Bonchev–Trinajstić information content (AvgIpc) is 2.43. The summed E-state index contributed by atoms with van der Waals surface area (Å²) in [6, 6.07) is 2.76. The molecule has 0 saturated carbocycles. The molecule has 0 spiro atoms. The van der Waals surface area contributed by atoms with Gasteiger partial charge in [-0.05, 0) is 53.0 Å². The highest BCUT2D eigenvalue weighted by atomic mass is 16.5. The number of nitriles is 1. The number of ether oxygens (including phenoxy) is 1. The minimum absolute atomic E-state index is 0.335. The second kappa shape index (κ2) is 8.61. The van der Waals surface area contributed by atoms with Crippen LogP contribution in [0.3, 0.4) is 0 Å². The largest absolute Gasteiger partial charge is 0.377 e. The molecule has 1 saturated heterocycles. The van der Waals surface area contributed by atoms with Crippen molar-refractivity contribution in [1.82, 2.24) is 10.2 Å². The van der Waals surface area contributed by atoms with E-state index in [9.17, 15) is 5.26 Å². The Bertz CT molecular complexity index is 313. The predicted octanol–water partition coefficient (Wildman–Crippen LogP) is 2.55. The van der Waals surface area contributed by atoms with Crippen molar-refractivity contribution in [2.24, 2.45) is 0 Å². The van der Waals surface area contributed by atoms with E-state index in [0.29, 0.717) is 12.1 Å². The van der Waals surface area contributed by atoms with Crippen LogP contribution < -0.4 is 5.32 Å². The minimum atomic E-state index is -0.425. The zero-order valence-corrected chi connectivity index (χ0v) is 13.6. The standard InChI is InChI=1S/C16H31N3O/c1-5-11-20-15-7-6-9-19(12-15)10-8-16(4,13-17)18-14(2)3/h14-15,18H,5-12H2,1-4H3. The summed E-state index contributed by atoms with van der Waals surface area (Å²) < 4.78 is 5.86. The van der Waals surface area contributed by atoms with Gasteiger partial charge in [-0.1, -0.05) is 6.92 Å². The first-order valence-electron chi connectivity index (χ1n) is 8.02. The number of hydrogen-bond acceptors (Lipinski definition) is 4. The van der Waals surface area contributed by atoms with Crippen LogP contribution in [0.4, 0.5) is 0 Å². The molecule has 116 valence electrons. The molecule has 2 unspecified atom stereocenters. The molecule has 0 bridgehead atoms. The second-order valence-corrected chi connectivity index (χ2v) is 6.43. The van der Waals surface area contributed by atoms with Crippen LogP contribution in [0.15, 0.2) is 0 Å². The Morgan fingerprint density at radius 2 is 2.25 bits per heavy atom. The highest BCUT2D eigenvalue weighted by Crippen LogP contribution is 2.17. The molecule has 4 heteroatoms. The molecule has 0 amide bonds. The van der Waals surface area contributed by atoms with Crippen LogP contribution in [0.25, 0.3) is 0 Å². The van der Waals surface area contributed by atoms with Gasteiger partial charge in [0.05, 0.1) is 12.2 Å². The van der Waals surface area contributed by atoms with Crippen molar-refractivity contribution in [3.63, 3.8) is 0 Å². The van der Waals surface area contributed by atoms with Crippen LogP contribution >= 0.6 is 0 Å². The summed E-state index contributed by atoms with van der Waals surface area (Å²) in [6.45, 7) is 12.3. The molecule has 4 nitrogen and oxygen atoms in total. The molecular weight excluding hydrogens is 250 g/mol. The Balaban J connectivity index is 2.38. The van der Waals surface area contributed by atoms with Crippen LogP contribution in [-0.4, -0.2) is 48.8 Å². The van der Waals surface area contributed by atoms with Crippen LogP contribution in [0, 0.1) is 11.3 Å². The van der Waals surface area contributed by atoms with E-state index in [0.717, 1.165) is 39.1 Å². The van der Waals surface area contributed by atoms with Gasteiger partial charge in [0.2, 0.25) is 0 Å². The zero-order chi connectivity index (χ0) is 15.0. The van der Waals surface area contributed by atoms with Crippen LogP contribution in [0.1, 0.15) is 53.4 Å². The van der Waals surface area contributed by atoms with E-state index in [1.165, 1.54) is 12.8 Å². The SMILES string of the molecule is CCCOC1CCCN(CCC(C)(C#N)NC(C)C)C1. The van der Waals surface area contributed by atoms with E-state index in [1.54, 1.807) is 0 Å². The molecule has 0 aromatic carbocycles. The fraction of sp³-hybridized carbons (Fsp3) is 0.938. The van der Waals surface area contributed by atoms with E-state index in [1.807, 2.05) is 6.92 Å². The van der Waals surface area contributed by atoms with Crippen molar-refractivity contribution in [1.29, 1.82) is 5.26 Å². The topological polar surface area (TPSA) is 48.3 Å². The maximum absolute atomic E-state index is 9.38. The number of likely N-dealkylation sites (tertiary alicyclic amines) is 1. The van der Waals surface area contributed by atoms with Gasteiger partial charge in [0, 0.05) is 25.7 Å². The van der Waals surface area contributed by atoms with E-state index in [2.05, 4.69) is 37.1 Å². The normalized spacial score (nSPS) is 23.5. The Hall–Kier alpha value is -0.630. The third-order valence-corrected chi connectivity index (χ3v) is 3.80. The molecule has 0 radical (unpaired) electrons.